The van der Waals surface area contributed by atoms with Crippen molar-refractivity contribution < 1.29 is 14.3 Å². The molecule has 0 aliphatic carbocycles. The summed E-state index contributed by atoms with van der Waals surface area (Å²) >= 11 is 8.88. The number of methoxy groups -OCH3 is 1. The number of esters is 1. The number of nitrogens with one attached hydrogen (secondary N) is 1. The van der Waals surface area contributed by atoms with E-state index in [9.17, 15) is 9.59 Å². The molecule has 1 amide bonds. The van der Waals surface area contributed by atoms with Gasteiger partial charge in [0.15, 0.2) is 0 Å². The molecule has 0 saturated carbocycles. The molecule has 6 heteroatoms. The first kappa shape index (κ1) is 14.0. The molecule has 0 radical (unpaired) electrons. The van der Waals surface area contributed by atoms with E-state index in [1.54, 1.807) is 25.1 Å². The van der Waals surface area contributed by atoms with Gasteiger partial charge in [-0.2, -0.15) is 0 Å². The lowest BCUT2D eigenvalue weighted by Gasteiger charge is -2.11. The number of hydrogen-bond acceptors (Lipinski definition) is 3. The number of ether oxygens (including phenoxy) is 1. The molecule has 1 atom stereocenters. The summed E-state index contributed by atoms with van der Waals surface area (Å²) < 4.78 is 5.35. The van der Waals surface area contributed by atoms with Crippen LogP contribution in [0.1, 0.15) is 17.3 Å². The van der Waals surface area contributed by atoms with Gasteiger partial charge in [-0.3, -0.25) is 4.79 Å². The summed E-state index contributed by atoms with van der Waals surface area (Å²) in [7, 11) is 1.28. The molecule has 1 N–H and O–H groups in total. The second kappa shape index (κ2) is 6.02. The normalized spacial score (nSPS) is 11.8. The lowest BCUT2D eigenvalue weighted by atomic mass is 10.1. The molecule has 0 heterocycles. The number of anilines is 1. The van der Waals surface area contributed by atoms with Crippen LogP contribution in [0.2, 0.25) is 0 Å². The van der Waals surface area contributed by atoms with Crippen LogP contribution in [0.4, 0.5) is 5.69 Å². The maximum atomic E-state index is 11.5. The largest absolute Gasteiger partial charge is 0.465 e. The van der Waals surface area contributed by atoms with Crippen LogP contribution in [0.25, 0.3) is 0 Å². The maximum absolute atomic E-state index is 11.5. The number of rotatable bonds is 3. The fourth-order valence-electron chi connectivity index (χ4n) is 1.14. The minimum absolute atomic E-state index is 0.271. The first-order chi connectivity index (χ1) is 7.95. The highest BCUT2D eigenvalue weighted by atomic mass is 79.9. The third-order valence-electron chi connectivity index (χ3n) is 2.01. The molecule has 4 nitrogen and oxygen atoms in total. The summed E-state index contributed by atoms with van der Waals surface area (Å²) in [6, 6.07) is 4.88. The summed E-state index contributed by atoms with van der Waals surface area (Å²) in [5, 5.41) is 1.88. The van der Waals surface area contributed by atoms with Gasteiger partial charge in [0, 0.05) is 4.47 Å². The van der Waals surface area contributed by atoms with Gasteiger partial charge < -0.3 is 10.1 Å². The lowest BCUT2D eigenvalue weighted by molar-refractivity contribution is -0.115. The van der Waals surface area contributed by atoms with Crippen molar-refractivity contribution in [3.63, 3.8) is 0 Å². The van der Waals surface area contributed by atoms with Gasteiger partial charge in [0.1, 0.15) is 5.38 Å². The predicted molar refractivity (Wildman–Crippen MR) is 69.4 cm³/mol. The Kier molecular flexibility index (Phi) is 4.96. The highest BCUT2D eigenvalue weighted by molar-refractivity contribution is 9.10. The molecule has 17 heavy (non-hydrogen) atoms. The van der Waals surface area contributed by atoms with Crippen LogP contribution in [0.15, 0.2) is 22.7 Å². The first-order valence-electron chi connectivity index (χ1n) is 4.78. The van der Waals surface area contributed by atoms with E-state index in [1.807, 2.05) is 0 Å². The molecule has 0 aliphatic heterocycles. The van der Waals surface area contributed by atoms with Gasteiger partial charge in [-0.25, -0.2) is 4.79 Å². The standard InChI is InChI=1S/C11H11BrClNO3/c1-6(13)10(15)14-9-4-3-7(12)5-8(9)11(16)17-2/h3-6H,1-2H3,(H,14,15)/t6-/m0/s1. The molecule has 1 rings (SSSR count). The van der Waals surface area contributed by atoms with Gasteiger partial charge in [-0.1, -0.05) is 15.9 Å². The number of carbonyl (C=O) groups is 2. The number of carbonyl (C=O) groups excluding carboxylic acids is 2. The predicted octanol–water partition coefficient (Wildman–Crippen LogP) is 2.80. The van der Waals surface area contributed by atoms with Gasteiger partial charge in [0.05, 0.1) is 18.4 Å². The van der Waals surface area contributed by atoms with Gasteiger partial charge in [0.2, 0.25) is 5.91 Å². The molecule has 0 aromatic heterocycles. The van der Waals surface area contributed by atoms with Crippen molar-refractivity contribution in [3.05, 3.63) is 28.2 Å². The molecule has 0 bridgehead atoms. The highest BCUT2D eigenvalue weighted by Gasteiger charge is 2.16. The zero-order valence-electron chi connectivity index (χ0n) is 9.29. The second-order valence-electron chi connectivity index (χ2n) is 3.29. The van der Waals surface area contributed by atoms with E-state index < -0.39 is 11.3 Å². The molecule has 0 saturated heterocycles. The van der Waals surface area contributed by atoms with E-state index in [2.05, 4.69) is 26.0 Å². The maximum Gasteiger partial charge on any atom is 0.340 e. The molecule has 1 aromatic carbocycles. The Morgan fingerprint density at radius 3 is 2.65 bits per heavy atom. The summed E-state index contributed by atoms with van der Waals surface area (Å²) in [6.45, 7) is 1.55. The Morgan fingerprint density at radius 1 is 1.47 bits per heavy atom. The van der Waals surface area contributed by atoms with E-state index in [4.69, 9.17) is 11.6 Å². The third-order valence-corrected chi connectivity index (χ3v) is 2.70. The summed E-state index contributed by atoms with van der Waals surface area (Å²) in [4.78, 5) is 23.0. The fourth-order valence-corrected chi connectivity index (χ4v) is 1.55. The molecule has 0 spiro atoms. The minimum Gasteiger partial charge on any atom is -0.465 e. The number of amides is 1. The topological polar surface area (TPSA) is 55.4 Å². The third kappa shape index (κ3) is 3.71. The first-order valence-corrected chi connectivity index (χ1v) is 6.01. The zero-order valence-corrected chi connectivity index (χ0v) is 11.6. The average Bonchev–Trinajstić information content (AvgIpc) is 2.30. The van der Waals surface area contributed by atoms with Crippen LogP contribution in [-0.2, 0) is 9.53 Å². The Hall–Kier alpha value is -1.07. The Labute approximate surface area is 112 Å². The average molecular weight is 321 g/mol. The van der Waals surface area contributed by atoms with E-state index in [1.165, 1.54) is 7.11 Å². The fraction of sp³-hybridized carbons (Fsp3) is 0.273. The van der Waals surface area contributed by atoms with E-state index >= 15 is 0 Å². The van der Waals surface area contributed by atoms with Crippen molar-refractivity contribution in [2.45, 2.75) is 12.3 Å². The van der Waals surface area contributed by atoms with Crippen LogP contribution in [-0.4, -0.2) is 24.4 Å². The van der Waals surface area contributed by atoms with Crippen LogP contribution >= 0.6 is 27.5 Å². The van der Waals surface area contributed by atoms with Gasteiger partial charge in [-0.15, -0.1) is 11.6 Å². The second-order valence-corrected chi connectivity index (χ2v) is 4.86. The Bertz CT molecular complexity index is 448. The number of halogens is 2. The monoisotopic (exact) mass is 319 g/mol. The number of alkyl halides is 1. The quantitative estimate of drug-likeness (QED) is 0.688. The van der Waals surface area contributed by atoms with Crippen molar-refractivity contribution in [2.24, 2.45) is 0 Å². The molecule has 1 aromatic rings. The zero-order chi connectivity index (χ0) is 13.0. The van der Waals surface area contributed by atoms with Gasteiger partial charge in [-0.05, 0) is 25.1 Å². The van der Waals surface area contributed by atoms with E-state index in [0.29, 0.717) is 5.69 Å². The minimum atomic E-state index is -0.677. The van der Waals surface area contributed by atoms with Crippen LogP contribution in [0.5, 0.6) is 0 Å². The van der Waals surface area contributed by atoms with Crippen LogP contribution < -0.4 is 5.32 Å². The van der Waals surface area contributed by atoms with Gasteiger partial charge in [0.25, 0.3) is 0 Å². The molecular weight excluding hydrogens is 309 g/mol. The van der Waals surface area contributed by atoms with Crippen molar-refractivity contribution in [1.29, 1.82) is 0 Å². The smallest absolute Gasteiger partial charge is 0.340 e. The Balaban J connectivity index is 3.06. The van der Waals surface area contributed by atoms with E-state index in [0.717, 1.165) is 4.47 Å². The summed E-state index contributed by atoms with van der Waals surface area (Å²) in [6.07, 6.45) is 0. The molecule has 0 fully saturated rings. The van der Waals surface area contributed by atoms with Crippen molar-refractivity contribution in [3.8, 4) is 0 Å². The highest BCUT2D eigenvalue weighted by Crippen LogP contribution is 2.22. The van der Waals surface area contributed by atoms with Crippen LogP contribution in [0, 0.1) is 0 Å². The SMILES string of the molecule is COC(=O)c1cc(Br)ccc1NC(=O)[C@H](C)Cl. The number of benzene rings is 1. The van der Waals surface area contributed by atoms with Crippen molar-refractivity contribution >= 4 is 45.1 Å². The molecule has 0 aliphatic rings. The molecule has 0 unspecified atom stereocenters. The van der Waals surface area contributed by atoms with Crippen molar-refractivity contribution in [2.75, 3.05) is 12.4 Å². The van der Waals surface area contributed by atoms with Crippen LogP contribution in [0.3, 0.4) is 0 Å². The Morgan fingerprint density at radius 2 is 2.12 bits per heavy atom. The number of hydrogen-bond donors (Lipinski definition) is 1. The van der Waals surface area contributed by atoms with Crippen molar-refractivity contribution in [1.82, 2.24) is 0 Å². The van der Waals surface area contributed by atoms with Gasteiger partial charge >= 0.3 is 5.97 Å². The van der Waals surface area contributed by atoms with E-state index in [-0.39, 0.29) is 11.5 Å². The molecule has 92 valence electrons. The lowest BCUT2D eigenvalue weighted by Crippen LogP contribution is -2.22. The summed E-state index contributed by atoms with van der Waals surface area (Å²) in [5.41, 5.74) is 0.644. The molecular formula is C11H11BrClNO3. The summed E-state index contributed by atoms with van der Waals surface area (Å²) in [5.74, 6) is -0.900.